The number of alkyl halides is 2. The van der Waals surface area contributed by atoms with Gasteiger partial charge in [0, 0.05) is 31.2 Å². The summed E-state index contributed by atoms with van der Waals surface area (Å²) in [5.41, 5.74) is 0. The van der Waals surface area contributed by atoms with Crippen LogP contribution in [0, 0.1) is 5.92 Å². The SMILES string of the molecule is CC(NC(=O)C1CCC(F)(F)CC1)c1ncc[nH]1. The Bertz CT molecular complexity index is 395. The number of nitrogens with one attached hydrogen (secondary N) is 2. The first-order chi connectivity index (χ1) is 8.48. The summed E-state index contributed by atoms with van der Waals surface area (Å²) in [5, 5.41) is 2.80. The van der Waals surface area contributed by atoms with Crippen LogP contribution >= 0.6 is 0 Å². The van der Waals surface area contributed by atoms with Gasteiger partial charge in [-0.2, -0.15) is 0 Å². The molecule has 1 aliphatic rings. The Morgan fingerprint density at radius 1 is 1.56 bits per heavy atom. The summed E-state index contributed by atoms with van der Waals surface area (Å²) in [6, 6.07) is -0.227. The van der Waals surface area contributed by atoms with Crippen molar-refractivity contribution in [2.24, 2.45) is 5.92 Å². The van der Waals surface area contributed by atoms with Crippen molar-refractivity contribution in [3.8, 4) is 0 Å². The summed E-state index contributed by atoms with van der Waals surface area (Å²) in [6.45, 7) is 1.81. The lowest BCUT2D eigenvalue weighted by atomic mass is 9.86. The van der Waals surface area contributed by atoms with E-state index in [2.05, 4.69) is 15.3 Å². The maximum absolute atomic E-state index is 13.0. The number of aromatic nitrogens is 2. The van der Waals surface area contributed by atoms with Crippen molar-refractivity contribution < 1.29 is 13.6 Å². The number of carbonyl (C=O) groups is 1. The number of rotatable bonds is 3. The van der Waals surface area contributed by atoms with E-state index in [-0.39, 0.29) is 43.6 Å². The maximum Gasteiger partial charge on any atom is 0.248 e. The number of H-pyrrole nitrogens is 1. The van der Waals surface area contributed by atoms with Crippen LogP contribution in [0.2, 0.25) is 0 Å². The molecule has 0 aromatic carbocycles. The first-order valence-electron chi connectivity index (χ1n) is 6.15. The van der Waals surface area contributed by atoms with Crippen LogP contribution in [0.3, 0.4) is 0 Å². The van der Waals surface area contributed by atoms with E-state index in [1.807, 2.05) is 6.92 Å². The number of imidazole rings is 1. The van der Waals surface area contributed by atoms with Gasteiger partial charge in [0.05, 0.1) is 6.04 Å². The predicted molar refractivity (Wildman–Crippen MR) is 62.1 cm³/mol. The molecule has 1 heterocycles. The summed E-state index contributed by atoms with van der Waals surface area (Å²) >= 11 is 0. The van der Waals surface area contributed by atoms with E-state index in [1.165, 1.54) is 0 Å². The number of nitrogens with zero attached hydrogens (tertiary/aromatic N) is 1. The summed E-state index contributed by atoms with van der Waals surface area (Å²) in [6.07, 6.45) is 3.41. The Kier molecular flexibility index (Phi) is 3.63. The van der Waals surface area contributed by atoms with Crippen LogP contribution in [0.4, 0.5) is 8.78 Å². The topological polar surface area (TPSA) is 57.8 Å². The fourth-order valence-electron chi connectivity index (χ4n) is 2.22. The quantitative estimate of drug-likeness (QED) is 0.873. The highest BCUT2D eigenvalue weighted by molar-refractivity contribution is 5.79. The molecule has 2 rings (SSSR count). The van der Waals surface area contributed by atoms with Gasteiger partial charge < -0.3 is 10.3 Å². The van der Waals surface area contributed by atoms with Gasteiger partial charge in [0.15, 0.2) is 0 Å². The van der Waals surface area contributed by atoms with Crippen LogP contribution in [-0.2, 0) is 4.79 Å². The molecule has 1 unspecified atom stereocenters. The highest BCUT2D eigenvalue weighted by Crippen LogP contribution is 2.36. The minimum absolute atomic E-state index is 0.158. The minimum atomic E-state index is -2.59. The van der Waals surface area contributed by atoms with Gasteiger partial charge in [-0.1, -0.05) is 0 Å². The molecule has 0 spiro atoms. The molecule has 1 aromatic heterocycles. The second kappa shape index (κ2) is 5.04. The largest absolute Gasteiger partial charge is 0.347 e. The van der Waals surface area contributed by atoms with Gasteiger partial charge >= 0.3 is 0 Å². The molecule has 4 nitrogen and oxygen atoms in total. The third kappa shape index (κ3) is 3.05. The number of aromatic amines is 1. The molecule has 1 aromatic rings. The average molecular weight is 257 g/mol. The maximum atomic E-state index is 13.0. The fraction of sp³-hybridized carbons (Fsp3) is 0.667. The van der Waals surface area contributed by atoms with E-state index in [9.17, 15) is 13.6 Å². The molecule has 1 atom stereocenters. The van der Waals surface area contributed by atoms with E-state index in [0.717, 1.165) is 0 Å². The van der Waals surface area contributed by atoms with Gasteiger partial charge in [-0.3, -0.25) is 4.79 Å². The van der Waals surface area contributed by atoms with Gasteiger partial charge in [0.1, 0.15) is 5.82 Å². The van der Waals surface area contributed by atoms with Crippen molar-refractivity contribution in [3.05, 3.63) is 18.2 Å². The van der Waals surface area contributed by atoms with Crippen LogP contribution in [0.1, 0.15) is 44.5 Å². The third-order valence-corrected chi connectivity index (χ3v) is 3.38. The lowest BCUT2D eigenvalue weighted by Gasteiger charge is -2.28. The zero-order valence-corrected chi connectivity index (χ0v) is 10.2. The highest BCUT2D eigenvalue weighted by Gasteiger charge is 2.37. The monoisotopic (exact) mass is 257 g/mol. The lowest BCUT2D eigenvalue weighted by Crippen LogP contribution is -2.37. The van der Waals surface area contributed by atoms with Gasteiger partial charge in [0.25, 0.3) is 0 Å². The molecule has 18 heavy (non-hydrogen) atoms. The van der Waals surface area contributed by atoms with E-state index >= 15 is 0 Å². The molecule has 2 N–H and O–H groups in total. The van der Waals surface area contributed by atoms with Crippen molar-refractivity contribution in [2.75, 3.05) is 0 Å². The Morgan fingerprint density at radius 3 is 2.78 bits per heavy atom. The Balaban J connectivity index is 1.86. The van der Waals surface area contributed by atoms with Crippen LogP contribution in [0.25, 0.3) is 0 Å². The number of hydrogen-bond acceptors (Lipinski definition) is 2. The molecule has 1 amide bonds. The molecule has 1 fully saturated rings. The van der Waals surface area contributed by atoms with E-state index in [0.29, 0.717) is 5.82 Å². The summed E-state index contributed by atoms with van der Waals surface area (Å²) in [5.74, 6) is -2.38. The summed E-state index contributed by atoms with van der Waals surface area (Å²) in [7, 11) is 0. The summed E-state index contributed by atoms with van der Waals surface area (Å²) < 4.78 is 26.0. The van der Waals surface area contributed by atoms with E-state index in [4.69, 9.17) is 0 Å². The standard InChI is InChI=1S/C12H17F2N3O/c1-8(10-15-6-7-16-10)17-11(18)9-2-4-12(13,14)5-3-9/h6-9H,2-5H2,1H3,(H,15,16)(H,17,18). The Morgan fingerprint density at radius 2 is 2.22 bits per heavy atom. The van der Waals surface area contributed by atoms with Crippen molar-refractivity contribution in [1.82, 2.24) is 15.3 Å². The Hall–Kier alpha value is -1.46. The molecular weight excluding hydrogens is 240 g/mol. The smallest absolute Gasteiger partial charge is 0.248 e. The van der Waals surface area contributed by atoms with Crippen molar-refractivity contribution >= 4 is 5.91 Å². The fourth-order valence-corrected chi connectivity index (χ4v) is 2.22. The second-order valence-corrected chi connectivity index (χ2v) is 4.83. The number of amides is 1. The van der Waals surface area contributed by atoms with Crippen molar-refractivity contribution in [1.29, 1.82) is 0 Å². The minimum Gasteiger partial charge on any atom is -0.347 e. The molecule has 1 aliphatic carbocycles. The van der Waals surface area contributed by atoms with E-state index in [1.54, 1.807) is 12.4 Å². The van der Waals surface area contributed by atoms with Crippen LogP contribution in [0.5, 0.6) is 0 Å². The third-order valence-electron chi connectivity index (χ3n) is 3.38. The number of carbonyl (C=O) groups excluding carboxylic acids is 1. The second-order valence-electron chi connectivity index (χ2n) is 4.83. The molecule has 1 saturated carbocycles. The lowest BCUT2D eigenvalue weighted by molar-refractivity contribution is -0.129. The zero-order valence-electron chi connectivity index (χ0n) is 10.2. The molecule has 100 valence electrons. The molecule has 0 saturated heterocycles. The average Bonchev–Trinajstić information content (AvgIpc) is 2.82. The van der Waals surface area contributed by atoms with Gasteiger partial charge in [-0.15, -0.1) is 0 Å². The van der Waals surface area contributed by atoms with Crippen LogP contribution in [-0.4, -0.2) is 21.8 Å². The molecule has 6 heteroatoms. The Labute approximate surface area is 104 Å². The van der Waals surface area contributed by atoms with Crippen LogP contribution < -0.4 is 5.32 Å². The number of halogens is 2. The predicted octanol–water partition coefficient (Wildman–Crippen LogP) is 2.41. The number of hydrogen-bond donors (Lipinski definition) is 2. The normalized spacial score (nSPS) is 21.5. The zero-order chi connectivity index (χ0) is 13.2. The first kappa shape index (κ1) is 13.0. The highest BCUT2D eigenvalue weighted by atomic mass is 19.3. The van der Waals surface area contributed by atoms with Crippen LogP contribution in [0.15, 0.2) is 12.4 Å². The van der Waals surface area contributed by atoms with E-state index < -0.39 is 5.92 Å². The molecule has 0 radical (unpaired) electrons. The molecule has 0 aliphatic heterocycles. The van der Waals surface area contributed by atoms with Crippen molar-refractivity contribution in [3.63, 3.8) is 0 Å². The first-order valence-corrected chi connectivity index (χ1v) is 6.15. The summed E-state index contributed by atoms with van der Waals surface area (Å²) in [4.78, 5) is 18.9. The van der Waals surface area contributed by atoms with Gasteiger partial charge in [0.2, 0.25) is 11.8 Å². The van der Waals surface area contributed by atoms with Gasteiger partial charge in [-0.05, 0) is 19.8 Å². The molecular formula is C12H17F2N3O. The van der Waals surface area contributed by atoms with Crippen molar-refractivity contribution in [2.45, 2.75) is 44.6 Å². The molecule has 0 bridgehead atoms. The van der Waals surface area contributed by atoms with Gasteiger partial charge in [-0.25, -0.2) is 13.8 Å².